The molecule has 2 bridgehead atoms. The highest BCUT2D eigenvalue weighted by molar-refractivity contribution is 5.25. The molecule has 0 aromatic rings. The highest BCUT2D eigenvalue weighted by atomic mass is 14.7. The summed E-state index contributed by atoms with van der Waals surface area (Å²) in [6.45, 7) is 6.78. The average molecular weight is 202 g/mol. The molecule has 2 aliphatic rings. The molecule has 2 saturated carbocycles. The number of nitriles is 2. The molecule has 0 radical (unpaired) electrons. The van der Waals surface area contributed by atoms with E-state index < -0.39 is 0 Å². The SMILES string of the molecule is CC1(C)[C@H]2CC[C@@]1(C)[C@](C#N)(CC#N)C2. The van der Waals surface area contributed by atoms with Crippen molar-refractivity contribution < 1.29 is 0 Å². The van der Waals surface area contributed by atoms with Crippen LogP contribution in [0.25, 0.3) is 0 Å². The molecule has 3 atom stereocenters. The predicted molar refractivity (Wildman–Crippen MR) is 57.5 cm³/mol. The van der Waals surface area contributed by atoms with Gasteiger partial charge in [0.25, 0.3) is 0 Å². The summed E-state index contributed by atoms with van der Waals surface area (Å²) in [6, 6.07) is 4.71. The Bertz CT molecular complexity index is 371. The zero-order valence-corrected chi connectivity index (χ0v) is 9.80. The van der Waals surface area contributed by atoms with Gasteiger partial charge in [0.1, 0.15) is 0 Å². The Morgan fingerprint density at radius 2 is 1.93 bits per heavy atom. The van der Waals surface area contributed by atoms with Gasteiger partial charge in [-0.3, -0.25) is 0 Å². The molecule has 0 unspecified atom stereocenters. The van der Waals surface area contributed by atoms with Crippen molar-refractivity contribution in [1.82, 2.24) is 0 Å². The summed E-state index contributed by atoms with van der Waals surface area (Å²) in [5.74, 6) is 0.635. The van der Waals surface area contributed by atoms with E-state index in [4.69, 9.17) is 5.26 Å². The third-order valence-corrected chi connectivity index (χ3v) is 5.68. The van der Waals surface area contributed by atoms with Gasteiger partial charge in [-0.15, -0.1) is 0 Å². The minimum atomic E-state index is -0.381. The maximum atomic E-state index is 9.47. The van der Waals surface area contributed by atoms with Crippen molar-refractivity contribution in [3.8, 4) is 12.1 Å². The molecule has 80 valence electrons. The minimum Gasteiger partial charge on any atom is -0.198 e. The second-order valence-corrected chi connectivity index (χ2v) is 6.02. The van der Waals surface area contributed by atoms with Crippen LogP contribution in [0.15, 0.2) is 0 Å². The fraction of sp³-hybridized carbons (Fsp3) is 0.846. The first-order valence-electron chi connectivity index (χ1n) is 5.72. The van der Waals surface area contributed by atoms with Crippen molar-refractivity contribution in [2.45, 2.75) is 46.5 Å². The lowest BCUT2D eigenvalue weighted by atomic mass is 9.58. The summed E-state index contributed by atoms with van der Waals surface area (Å²) >= 11 is 0. The van der Waals surface area contributed by atoms with Crippen LogP contribution in [0.2, 0.25) is 0 Å². The van der Waals surface area contributed by atoms with Crippen LogP contribution in [0, 0.1) is 44.8 Å². The molecule has 15 heavy (non-hydrogen) atoms. The van der Waals surface area contributed by atoms with Crippen LogP contribution < -0.4 is 0 Å². The molecule has 2 fully saturated rings. The Kier molecular flexibility index (Phi) is 1.93. The molecular formula is C13H18N2. The summed E-state index contributed by atoms with van der Waals surface area (Å²) in [5, 5.41) is 18.4. The number of rotatable bonds is 1. The smallest absolute Gasteiger partial charge is 0.0765 e. The van der Waals surface area contributed by atoms with Gasteiger partial charge in [-0.25, -0.2) is 0 Å². The third kappa shape index (κ3) is 0.932. The van der Waals surface area contributed by atoms with Crippen LogP contribution >= 0.6 is 0 Å². The number of hydrogen-bond acceptors (Lipinski definition) is 2. The van der Waals surface area contributed by atoms with E-state index in [1.54, 1.807) is 0 Å². The Morgan fingerprint density at radius 3 is 2.27 bits per heavy atom. The molecule has 0 aromatic heterocycles. The molecule has 2 heteroatoms. The molecule has 0 amide bonds. The zero-order chi connectivity index (χ0) is 11.3. The van der Waals surface area contributed by atoms with Gasteiger partial charge in [-0.05, 0) is 36.0 Å². The van der Waals surface area contributed by atoms with E-state index in [1.807, 2.05) is 0 Å². The van der Waals surface area contributed by atoms with Gasteiger partial charge in [-0.2, -0.15) is 10.5 Å². The van der Waals surface area contributed by atoms with E-state index >= 15 is 0 Å². The van der Waals surface area contributed by atoms with Crippen molar-refractivity contribution in [3.63, 3.8) is 0 Å². The van der Waals surface area contributed by atoms with Gasteiger partial charge in [-0.1, -0.05) is 20.8 Å². The summed E-state index contributed by atoms with van der Waals surface area (Å²) in [6.07, 6.45) is 3.68. The van der Waals surface area contributed by atoms with Gasteiger partial charge >= 0.3 is 0 Å². The summed E-state index contributed by atoms with van der Waals surface area (Å²) < 4.78 is 0. The quantitative estimate of drug-likeness (QED) is 0.655. The summed E-state index contributed by atoms with van der Waals surface area (Å²) in [5.41, 5.74) is -0.122. The monoisotopic (exact) mass is 202 g/mol. The van der Waals surface area contributed by atoms with E-state index in [-0.39, 0.29) is 16.2 Å². The third-order valence-electron chi connectivity index (χ3n) is 5.68. The van der Waals surface area contributed by atoms with Crippen molar-refractivity contribution >= 4 is 0 Å². The van der Waals surface area contributed by atoms with Crippen molar-refractivity contribution in [2.24, 2.45) is 22.2 Å². The van der Waals surface area contributed by atoms with Crippen LogP contribution in [0.1, 0.15) is 46.5 Å². The molecule has 2 nitrogen and oxygen atoms in total. The molecule has 2 aliphatic carbocycles. The van der Waals surface area contributed by atoms with Gasteiger partial charge in [0.05, 0.1) is 24.0 Å². The molecule has 2 rings (SSSR count). The van der Waals surface area contributed by atoms with Crippen molar-refractivity contribution in [3.05, 3.63) is 0 Å². The number of hydrogen-bond donors (Lipinski definition) is 0. The lowest BCUT2D eigenvalue weighted by molar-refractivity contribution is 0.0602. The molecule has 0 spiro atoms. The largest absolute Gasteiger partial charge is 0.198 e. The van der Waals surface area contributed by atoms with Gasteiger partial charge in [0.15, 0.2) is 0 Å². The average Bonchev–Trinajstić information content (AvgIpc) is 2.50. The van der Waals surface area contributed by atoms with E-state index in [1.165, 1.54) is 6.42 Å². The lowest BCUT2D eigenvalue weighted by Gasteiger charge is -2.43. The first-order valence-corrected chi connectivity index (χ1v) is 5.72. The van der Waals surface area contributed by atoms with Crippen molar-refractivity contribution in [2.75, 3.05) is 0 Å². The Balaban J connectivity index is 2.50. The molecular weight excluding hydrogens is 184 g/mol. The van der Waals surface area contributed by atoms with E-state index in [9.17, 15) is 5.26 Å². The van der Waals surface area contributed by atoms with Crippen molar-refractivity contribution in [1.29, 1.82) is 10.5 Å². The lowest BCUT2D eigenvalue weighted by Crippen LogP contribution is -2.40. The summed E-state index contributed by atoms with van der Waals surface area (Å²) in [7, 11) is 0. The van der Waals surface area contributed by atoms with Crippen LogP contribution in [-0.4, -0.2) is 0 Å². The highest BCUT2D eigenvalue weighted by Gasteiger charge is 2.68. The molecule has 0 aromatic carbocycles. The normalized spacial score (nSPS) is 46.1. The fourth-order valence-electron chi connectivity index (χ4n) is 4.07. The number of fused-ring (bicyclic) bond motifs is 2. The van der Waals surface area contributed by atoms with Gasteiger partial charge in [0.2, 0.25) is 0 Å². The Labute approximate surface area is 91.9 Å². The maximum Gasteiger partial charge on any atom is 0.0765 e. The molecule has 0 N–H and O–H groups in total. The summed E-state index contributed by atoms with van der Waals surface area (Å²) in [4.78, 5) is 0. The standard InChI is InChI=1S/C13H18N2/c1-11(2)10-4-5-12(11,3)13(8-10,9-15)6-7-14/h10H,4-6,8H2,1-3H3/t10-,12+,13+/m0/s1. The number of nitrogens with zero attached hydrogens (tertiary/aromatic N) is 2. The molecule has 0 aliphatic heterocycles. The second kappa shape index (κ2) is 2.76. The van der Waals surface area contributed by atoms with Crippen LogP contribution in [0.3, 0.4) is 0 Å². The van der Waals surface area contributed by atoms with Gasteiger partial charge < -0.3 is 0 Å². The Morgan fingerprint density at radius 1 is 1.27 bits per heavy atom. The van der Waals surface area contributed by atoms with E-state index in [2.05, 4.69) is 32.9 Å². The fourth-order valence-corrected chi connectivity index (χ4v) is 4.07. The topological polar surface area (TPSA) is 47.6 Å². The Hall–Kier alpha value is -1.02. The first-order chi connectivity index (χ1) is 6.93. The van der Waals surface area contributed by atoms with Gasteiger partial charge in [0, 0.05) is 0 Å². The maximum absolute atomic E-state index is 9.47. The first kappa shape index (κ1) is 10.5. The minimum absolute atomic E-state index is 0.0369. The zero-order valence-electron chi connectivity index (χ0n) is 9.80. The molecule has 0 heterocycles. The second-order valence-electron chi connectivity index (χ2n) is 6.02. The molecule has 0 saturated heterocycles. The van der Waals surface area contributed by atoms with E-state index in [0.717, 1.165) is 12.8 Å². The predicted octanol–water partition coefficient (Wildman–Crippen LogP) is 3.26. The van der Waals surface area contributed by atoms with Crippen LogP contribution in [0.4, 0.5) is 0 Å². The van der Waals surface area contributed by atoms with Crippen LogP contribution in [0.5, 0.6) is 0 Å². The van der Waals surface area contributed by atoms with E-state index in [0.29, 0.717) is 12.3 Å². The highest BCUT2D eigenvalue weighted by Crippen LogP contribution is 2.73. The van der Waals surface area contributed by atoms with Crippen LogP contribution in [-0.2, 0) is 0 Å².